The van der Waals surface area contributed by atoms with E-state index in [0.717, 1.165) is 30.7 Å². The maximum Gasteiger partial charge on any atom is 0.309 e. The number of nitrogens with zero attached hydrogens (tertiary/aromatic N) is 3. The van der Waals surface area contributed by atoms with E-state index in [1.807, 2.05) is 39.6 Å². The molecule has 1 aromatic carbocycles. The molecule has 0 bridgehead atoms. The fraction of sp³-hybridized carbons (Fsp3) is 0.625. The van der Waals surface area contributed by atoms with Gasteiger partial charge in [-0.05, 0) is 95.5 Å². The first-order valence-corrected chi connectivity index (χ1v) is 23.9. The Morgan fingerprint density at radius 2 is 1.76 bits per heavy atom. The van der Waals surface area contributed by atoms with E-state index in [9.17, 15) is 38.7 Å². The smallest absolute Gasteiger partial charge is 0.309 e. The summed E-state index contributed by atoms with van der Waals surface area (Å²) in [6.45, 7) is 12.9. The predicted octanol–water partition coefficient (Wildman–Crippen LogP) is 5.32. The van der Waals surface area contributed by atoms with Crippen LogP contribution >= 0.6 is 11.3 Å². The van der Waals surface area contributed by atoms with E-state index in [2.05, 4.69) is 26.9 Å². The summed E-state index contributed by atoms with van der Waals surface area (Å²) in [5, 5.41) is 30.7. The lowest BCUT2D eigenvalue weighted by atomic mass is 9.84. The first-order valence-electron chi connectivity index (χ1n) is 23.0. The summed E-state index contributed by atoms with van der Waals surface area (Å²) in [4.78, 5) is 104. The molecule has 1 aromatic heterocycles. The molecule has 1 aliphatic rings. The average Bonchev–Trinajstić information content (AvgIpc) is 3.77. The van der Waals surface area contributed by atoms with Crippen molar-refractivity contribution in [2.45, 2.75) is 155 Å². The third-order valence-corrected chi connectivity index (χ3v) is 12.9. The Morgan fingerprint density at radius 1 is 1.07 bits per heavy atom. The number of carboxylic acids is 2. The van der Waals surface area contributed by atoms with E-state index >= 15 is 0 Å². The summed E-state index contributed by atoms with van der Waals surface area (Å²) in [6.07, 6.45) is 8.49. The van der Waals surface area contributed by atoms with Crippen molar-refractivity contribution in [3.8, 4) is 12.3 Å². The van der Waals surface area contributed by atoms with Crippen molar-refractivity contribution >= 4 is 58.6 Å². The number of aliphatic carboxylic acids is 2. The fourth-order valence-electron chi connectivity index (χ4n) is 7.72. The van der Waals surface area contributed by atoms with Crippen LogP contribution in [0.4, 0.5) is 5.69 Å². The largest absolute Gasteiger partial charge is 0.481 e. The number of carbonyl (C=O) groups is 7. The van der Waals surface area contributed by atoms with Crippen LogP contribution in [0.5, 0.6) is 0 Å². The van der Waals surface area contributed by atoms with Crippen molar-refractivity contribution in [1.29, 1.82) is 0 Å². The number of carboxylic acid groups (broad SMARTS) is 2. The number of hydroxylamine groups is 2. The summed E-state index contributed by atoms with van der Waals surface area (Å²) in [5.41, 5.74) is 5.72. The highest BCUT2D eigenvalue weighted by molar-refractivity contribution is 7.09. The van der Waals surface area contributed by atoms with E-state index < -0.39 is 71.3 Å². The minimum atomic E-state index is -1.24. The number of hydrogen-bond acceptors (Lipinski definition) is 13. The number of esters is 1. The Bertz CT molecular complexity index is 2040. The molecule has 2 aromatic rings. The number of nitrogens with one attached hydrogen (secondary N) is 3. The molecule has 0 saturated carbocycles. The lowest BCUT2D eigenvalue weighted by molar-refractivity contribution is -0.213. The van der Waals surface area contributed by atoms with E-state index in [1.165, 1.54) is 17.4 Å². The first kappa shape index (κ1) is 55.9. The van der Waals surface area contributed by atoms with Gasteiger partial charge >= 0.3 is 17.9 Å². The summed E-state index contributed by atoms with van der Waals surface area (Å²) in [7, 11) is 1.90. The van der Waals surface area contributed by atoms with Crippen LogP contribution in [0.3, 0.4) is 0 Å². The Balaban J connectivity index is 1.91. The second kappa shape index (κ2) is 26.8. The highest BCUT2D eigenvalue weighted by Crippen LogP contribution is 2.32. The zero-order valence-corrected chi connectivity index (χ0v) is 41.0. The molecular weight excluding hydrogens is 883 g/mol. The topological polar surface area (TPSA) is 260 Å². The molecule has 7 atom stereocenters. The van der Waals surface area contributed by atoms with Gasteiger partial charge in [0, 0.05) is 43.3 Å². The van der Waals surface area contributed by atoms with Crippen LogP contribution in [0.25, 0.3) is 0 Å². The number of ether oxygens (including phenoxy) is 1. The van der Waals surface area contributed by atoms with Gasteiger partial charge in [-0.15, -0.1) is 23.7 Å². The summed E-state index contributed by atoms with van der Waals surface area (Å²) in [5.74, 6) is -2.52. The van der Waals surface area contributed by atoms with E-state index in [0.29, 0.717) is 36.9 Å². The number of likely N-dealkylation sites (tertiary alicyclic amines) is 1. The van der Waals surface area contributed by atoms with Crippen molar-refractivity contribution < 1.29 is 53.3 Å². The molecule has 1 aliphatic heterocycles. The van der Waals surface area contributed by atoms with Crippen LogP contribution in [0, 0.1) is 29.6 Å². The summed E-state index contributed by atoms with van der Waals surface area (Å²) < 4.78 is 5.85. The fourth-order valence-corrected chi connectivity index (χ4v) is 8.56. The van der Waals surface area contributed by atoms with Crippen molar-refractivity contribution in [2.75, 3.05) is 25.5 Å². The third kappa shape index (κ3) is 17.6. The van der Waals surface area contributed by atoms with Gasteiger partial charge in [0.05, 0.1) is 30.1 Å². The molecule has 1 saturated heterocycles. The number of unbranched alkanes of at least 4 members (excludes halogenated alkanes) is 1. The number of likely N-dealkylation sites (N-methyl/N-ethyl adjacent to an activating group) is 1. The highest BCUT2D eigenvalue weighted by Gasteiger charge is 2.40. The number of hydrogen-bond donors (Lipinski definition) is 6. The van der Waals surface area contributed by atoms with Gasteiger partial charge in [-0.1, -0.05) is 52.7 Å². The second-order valence-corrected chi connectivity index (χ2v) is 19.3. The maximum absolute atomic E-state index is 14.8. The van der Waals surface area contributed by atoms with Gasteiger partial charge in [0.1, 0.15) is 16.7 Å². The molecule has 0 unspecified atom stereocenters. The minimum Gasteiger partial charge on any atom is -0.481 e. The average molecular weight is 954 g/mol. The van der Waals surface area contributed by atoms with Gasteiger partial charge in [0.2, 0.25) is 11.8 Å². The standard InChI is InChI=1S/C48H71N7O11S/c1-10-12-15-24-65-55(46(62)41(30(5)11-2)53-44(61)37-16-13-14-23-54(37)9)38(29(3)4)26-39(66-31(6)56)45-52-36(28-67-45)43(60)51-34(27-48(7,8)47(63)64)25-32-17-19-33(20-18-32)50-42(59)35(49)21-22-40(57)58/h1,17-20,28-30,34-35,37-39,41H,11-16,21-27,49H2,2-9H3,(H,50,59)(H,51,60)(H,53,61)(H,57,58)(H,63,64)/t30-,34-,35-,37+,38+,39+,41-/m0/s1. The lowest BCUT2D eigenvalue weighted by Gasteiger charge is -2.39. The van der Waals surface area contributed by atoms with Crippen molar-refractivity contribution in [1.82, 2.24) is 25.6 Å². The van der Waals surface area contributed by atoms with Crippen LogP contribution in [0.2, 0.25) is 0 Å². The number of nitrogens with two attached hydrogens (primary N) is 1. The molecule has 18 nitrogen and oxygen atoms in total. The Labute approximate surface area is 398 Å². The lowest BCUT2D eigenvalue weighted by Crippen LogP contribution is -2.58. The van der Waals surface area contributed by atoms with Crippen LogP contribution in [-0.2, 0) is 44.8 Å². The molecule has 4 amide bonds. The van der Waals surface area contributed by atoms with Crippen LogP contribution < -0.4 is 21.7 Å². The molecule has 0 spiro atoms. The van der Waals surface area contributed by atoms with Gasteiger partial charge in [-0.2, -0.15) is 0 Å². The van der Waals surface area contributed by atoms with Crippen molar-refractivity contribution in [2.24, 2.45) is 23.0 Å². The summed E-state index contributed by atoms with van der Waals surface area (Å²) >= 11 is 1.08. The number of benzene rings is 1. The van der Waals surface area contributed by atoms with Gasteiger partial charge < -0.3 is 36.6 Å². The Kier molecular flexibility index (Phi) is 22.4. The van der Waals surface area contributed by atoms with Crippen molar-refractivity contribution in [3.63, 3.8) is 0 Å². The quantitative estimate of drug-likeness (QED) is 0.0287. The Hall–Kier alpha value is -5.42. The van der Waals surface area contributed by atoms with E-state index in [1.54, 1.807) is 38.1 Å². The molecule has 19 heteroatoms. The number of aromatic nitrogens is 1. The molecule has 3 rings (SSSR count). The zero-order chi connectivity index (χ0) is 50.0. The summed E-state index contributed by atoms with van der Waals surface area (Å²) in [6, 6.07) is 2.93. The molecule has 0 aliphatic carbocycles. The first-order chi connectivity index (χ1) is 31.6. The number of carbonyl (C=O) groups excluding carboxylic acids is 5. The molecule has 2 heterocycles. The van der Waals surface area contributed by atoms with Crippen LogP contribution in [0.15, 0.2) is 29.6 Å². The zero-order valence-electron chi connectivity index (χ0n) is 40.2. The number of terminal acetylenes is 1. The van der Waals surface area contributed by atoms with Crippen LogP contribution in [-0.4, -0.2) is 117 Å². The molecule has 370 valence electrons. The predicted molar refractivity (Wildman–Crippen MR) is 253 cm³/mol. The number of rotatable bonds is 27. The maximum atomic E-state index is 14.8. The van der Waals surface area contributed by atoms with E-state index in [4.69, 9.17) is 26.8 Å². The van der Waals surface area contributed by atoms with Gasteiger partial charge in [-0.3, -0.25) is 43.3 Å². The van der Waals surface area contributed by atoms with E-state index in [-0.39, 0.29) is 73.2 Å². The number of piperidine rings is 1. The van der Waals surface area contributed by atoms with Gasteiger partial charge in [0.15, 0.2) is 6.10 Å². The van der Waals surface area contributed by atoms with Crippen LogP contribution in [0.1, 0.15) is 140 Å². The third-order valence-electron chi connectivity index (χ3n) is 12.0. The van der Waals surface area contributed by atoms with Gasteiger partial charge in [0.25, 0.3) is 11.8 Å². The highest BCUT2D eigenvalue weighted by atomic mass is 32.1. The normalized spacial score (nSPS) is 16.9. The monoisotopic (exact) mass is 953 g/mol. The molecule has 0 radical (unpaired) electrons. The Morgan fingerprint density at radius 3 is 2.34 bits per heavy atom. The molecule has 67 heavy (non-hydrogen) atoms. The van der Waals surface area contributed by atoms with Crippen molar-refractivity contribution in [3.05, 3.63) is 45.9 Å². The number of amides is 4. The molecule has 7 N–H and O–H groups in total. The SMILES string of the molecule is C#CCCCON(C(=O)[C@@H](NC(=O)[C@H]1CCCCN1C)[C@@H](C)CC)[C@H](C[C@@H](OC(C)=O)c1nc(C(=O)N[C@@H](Cc2ccc(NC(=O)[C@@H](N)CCC(=O)O)cc2)CC(C)(C)C(=O)O)cs1)C(C)C. The molecule has 1 fully saturated rings. The second-order valence-electron chi connectivity index (χ2n) is 18.4. The molecular formula is C48H71N7O11S. The number of anilines is 1. The number of thiazole rings is 1. The van der Waals surface area contributed by atoms with Gasteiger partial charge in [-0.25, -0.2) is 10.0 Å². The minimum absolute atomic E-state index is 0.000582.